The zero-order chi connectivity index (χ0) is 31.0. The molecular weight excluding hydrogens is 584 g/mol. The van der Waals surface area contributed by atoms with Crippen LogP contribution < -0.4 is 15.0 Å². The molecule has 5 aromatic rings. The predicted octanol–water partition coefficient (Wildman–Crippen LogP) is 5.63. The van der Waals surface area contributed by atoms with Crippen molar-refractivity contribution in [2.24, 2.45) is 0 Å². The first-order chi connectivity index (χ1) is 22.6. The third-order valence-corrected chi connectivity index (χ3v) is 10.6. The Kier molecular flexibility index (Phi) is 6.31. The van der Waals surface area contributed by atoms with Gasteiger partial charge in [-0.2, -0.15) is 9.97 Å². The van der Waals surface area contributed by atoms with E-state index in [2.05, 4.69) is 21.0 Å². The van der Waals surface area contributed by atoms with Gasteiger partial charge in [-0.3, -0.25) is 9.30 Å². The van der Waals surface area contributed by atoms with Gasteiger partial charge < -0.3 is 15.0 Å². The first kappa shape index (κ1) is 27.7. The number of hydrogen-bond donors (Lipinski definition) is 1. The van der Waals surface area contributed by atoms with Crippen LogP contribution in [0.15, 0.2) is 60.7 Å². The third kappa shape index (κ3) is 4.08. The van der Waals surface area contributed by atoms with Crippen molar-refractivity contribution in [2.45, 2.75) is 49.7 Å². The fraction of sp³-hybridized carbons (Fsp3) is 0.361. The van der Waals surface area contributed by atoms with Gasteiger partial charge in [0.15, 0.2) is 5.82 Å². The molecule has 2 bridgehead atoms. The summed E-state index contributed by atoms with van der Waals surface area (Å²) in [6.45, 7) is 3.73. The lowest BCUT2D eigenvalue weighted by atomic mass is 9.94. The second-order valence-electron chi connectivity index (χ2n) is 13.1. The molecule has 1 N–H and O–H groups in total. The third-order valence-electron chi connectivity index (χ3n) is 10.6. The molecule has 46 heavy (non-hydrogen) atoms. The molecular formula is C36H33F2N7O. The maximum atomic E-state index is 15.0. The van der Waals surface area contributed by atoms with E-state index in [0.29, 0.717) is 54.2 Å². The average molecular weight is 618 g/mol. The molecule has 2 aromatic carbocycles. The van der Waals surface area contributed by atoms with Crippen LogP contribution in [0.1, 0.15) is 37.7 Å². The summed E-state index contributed by atoms with van der Waals surface area (Å²) < 4.78 is 37.2. The molecule has 8 nitrogen and oxygen atoms in total. The van der Waals surface area contributed by atoms with E-state index in [1.165, 1.54) is 6.07 Å². The largest absolute Gasteiger partial charge is 0.461 e. The maximum Gasteiger partial charge on any atom is 0.319 e. The quantitative estimate of drug-likeness (QED) is 0.257. The maximum absolute atomic E-state index is 15.0. The van der Waals surface area contributed by atoms with Gasteiger partial charge in [0.05, 0.1) is 22.9 Å². The molecule has 4 aliphatic rings. The van der Waals surface area contributed by atoms with Crippen LogP contribution in [-0.4, -0.2) is 74.7 Å². The summed E-state index contributed by atoms with van der Waals surface area (Å²) >= 11 is 0. The molecule has 4 saturated heterocycles. The van der Waals surface area contributed by atoms with Crippen molar-refractivity contribution in [2.75, 3.05) is 37.7 Å². The number of benzene rings is 2. The SMILES string of the molecule is C#Cc1c(F)ccc2cccc(-c3cc4nc(OC[C@@]56CCCN5C/C(=C\F)C6)nc(N5[C@@H]6CC[C@H]5CNC6)c4n4ccnc34)c12. The normalized spacial score (nSPS) is 25.2. The molecule has 3 aromatic heterocycles. The van der Waals surface area contributed by atoms with E-state index in [9.17, 15) is 4.39 Å². The number of aromatic nitrogens is 4. The lowest BCUT2D eigenvalue weighted by Crippen LogP contribution is -2.52. The fourth-order valence-electron chi connectivity index (χ4n) is 8.59. The summed E-state index contributed by atoms with van der Waals surface area (Å²) in [4.78, 5) is 19.7. The van der Waals surface area contributed by atoms with Crippen molar-refractivity contribution in [3.8, 4) is 29.5 Å². The van der Waals surface area contributed by atoms with Gasteiger partial charge in [-0.15, -0.1) is 6.42 Å². The Balaban J connectivity index is 1.25. The summed E-state index contributed by atoms with van der Waals surface area (Å²) in [5.41, 5.74) is 4.63. The Labute approximate surface area is 265 Å². The fourth-order valence-corrected chi connectivity index (χ4v) is 8.59. The number of ether oxygens (including phenoxy) is 1. The molecule has 0 amide bonds. The van der Waals surface area contributed by atoms with Gasteiger partial charge in [0.1, 0.15) is 23.6 Å². The van der Waals surface area contributed by atoms with Crippen molar-refractivity contribution >= 4 is 33.3 Å². The van der Waals surface area contributed by atoms with E-state index in [-0.39, 0.29) is 11.1 Å². The lowest BCUT2D eigenvalue weighted by Gasteiger charge is -2.37. The molecule has 0 saturated carbocycles. The highest BCUT2D eigenvalue weighted by Gasteiger charge is 2.47. The number of nitrogens with zero attached hydrogens (tertiary/aromatic N) is 6. The number of hydrogen-bond acceptors (Lipinski definition) is 7. The molecule has 7 heterocycles. The minimum absolute atomic E-state index is 0.223. The summed E-state index contributed by atoms with van der Waals surface area (Å²) in [5, 5.41) is 5.09. The number of halogens is 2. The number of rotatable bonds is 5. The number of terminal acetylenes is 1. The Morgan fingerprint density at radius 2 is 2.00 bits per heavy atom. The van der Waals surface area contributed by atoms with Gasteiger partial charge in [0, 0.05) is 55.1 Å². The molecule has 10 heteroatoms. The van der Waals surface area contributed by atoms with Crippen LogP contribution in [-0.2, 0) is 0 Å². The first-order valence-electron chi connectivity index (χ1n) is 16.1. The van der Waals surface area contributed by atoms with Gasteiger partial charge in [0.25, 0.3) is 0 Å². The molecule has 4 aliphatic heterocycles. The molecule has 0 aliphatic carbocycles. The molecule has 0 spiro atoms. The summed E-state index contributed by atoms with van der Waals surface area (Å²) in [7, 11) is 0. The van der Waals surface area contributed by atoms with Crippen LogP contribution >= 0.6 is 0 Å². The topological polar surface area (TPSA) is 70.8 Å². The van der Waals surface area contributed by atoms with E-state index in [1.807, 2.05) is 34.9 Å². The van der Waals surface area contributed by atoms with Gasteiger partial charge in [0.2, 0.25) is 0 Å². The van der Waals surface area contributed by atoms with Crippen LogP contribution in [0.2, 0.25) is 0 Å². The smallest absolute Gasteiger partial charge is 0.319 e. The summed E-state index contributed by atoms with van der Waals surface area (Å²) in [6.07, 6.45) is 15.1. The van der Waals surface area contributed by atoms with Crippen LogP contribution in [0.25, 0.3) is 38.6 Å². The van der Waals surface area contributed by atoms with Crippen molar-refractivity contribution in [3.63, 3.8) is 0 Å². The second-order valence-corrected chi connectivity index (χ2v) is 13.1. The minimum atomic E-state index is -0.435. The van der Waals surface area contributed by atoms with E-state index in [1.54, 1.807) is 12.3 Å². The van der Waals surface area contributed by atoms with Gasteiger partial charge in [-0.1, -0.05) is 30.2 Å². The number of piperazine rings is 1. The number of anilines is 1. The molecule has 4 fully saturated rings. The van der Waals surface area contributed by atoms with E-state index >= 15 is 4.39 Å². The van der Waals surface area contributed by atoms with Crippen LogP contribution in [0.4, 0.5) is 14.6 Å². The van der Waals surface area contributed by atoms with Gasteiger partial charge in [-0.05, 0) is 67.3 Å². The Morgan fingerprint density at radius 1 is 1.13 bits per heavy atom. The highest BCUT2D eigenvalue weighted by atomic mass is 19.1. The Bertz CT molecular complexity index is 2100. The number of pyridine rings is 1. The van der Waals surface area contributed by atoms with Crippen molar-refractivity contribution < 1.29 is 13.5 Å². The molecule has 232 valence electrons. The molecule has 3 atom stereocenters. The Hall–Kier alpha value is -4.59. The number of imidazole rings is 1. The van der Waals surface area contributed by atoms with Crippen LogP contribution in [0.5, 0.6) is 6.01 Å². The van der Waals surface area contributed by atoms with Crippen LogP contribution in [0.3, 0.4) is 0 Å². The van der Waals surface area contributed by atoms with Gasteiger partial charge >= 0.3 is 6.01 Å². The summed E-state index contributed by atoms with van der Waals surface area (Å²) in [6, 6.07) is 11.9. The highest BCUT2D eigenvalue weighted by molar-refractivity contribution is 6.05. The number of nitrogens with one attached hydrogen (secondary N) is 1. The molecule has 0 unspecified atom stereocenters. The molecule has 0 radical (unpaired) electrons. The minimum Gasteiger partial charge on any atom is -0.461 e. The average Bonchev–Trinajstić information content (AvgIpc) is 3.84. The second kappa shape index (κ2) is 10.5. The van der Waals surface area contributed by atoms with Gasteiger partial charge in [-0.25, -0.2) is 13.8 Å². The number of fused-ring (bicyclic) bond motifs is 7. The summed E-state index contributed by atoms with van der Waals surface area (Å²) in [5.74, 6) is 2.97. The standard InChI is InChI=1S/C36H33F2N7O/c1-2-26-29(38)10-7-23-5-3-6-27(31(23)26)28-15-30-32(44-14-12-40-33(28)44)34(45-24-8-9-25(45)19-39-18-24)42-35(41-30)46-21-36-11-4-13-43(36)20-22(16-36)17-37/h1,3,5-7,10,12,14-15,17,24-25,39H,4,8-9,11,13,16,18-21H2/b22-17-/t24-,25+,36-/m0/s1. The van der Waals surface area contributed by atoms with Crippen molar-refractivity contribution in [1.82, 2.24) is 29.6 Å². The van der Waals surface area contributed by atoms with Crippen molar-refractivity contribution in [3.05, 3.63) is 72.1 Å². The predicted molar refractivity (Wildman–Crippen MR) is 174 cm³/mol. The first-order valence-corrected chi connectivity index (χ1v) is 16.1. The van der Waals surface area contributed by atoms with E-state index in [0.717, 1.165) is 85.1 Å². The monoisotopic (exact) mass is 617 g/mol. The Morgan fingerprint density at radius 3 is 2.83 bits per heavy atom. The zero-order valence-electron chi connectivity index (χ0n) is 25.3. The van der Waals surface area contributed by atoms with Crippen LogP contribution in [0, 0.1) is 18.2 Å². The lowest BCUT2D eigenvalue weighted by molar-refractivity contribution is 0.108. The highest BCUT2D eigenvalue weighted by Crippen LogP contribution is 2.43. The van der Waals surface area contributed by atoms with Crippen molar-refractivity contribution in [1.29, 1.82) is 0 Å². The zero-order valence-corrected chi connectivity index (χ0v) is 25.3. The van der Waals surface area contributed by atoms with E-state index in [4.69, 9.17) is 26.1 Å². The molecule has 9 rings (SSSR count). The van der Waals surface area contributed by atoms with E-state index < -0.39 is 5.82 Å².